The zero-order valence-electron chi connectivity index (χ0n) is 11.6. The first-order valence-corrected chi connectivity index (χ1v) is 7.13. The van der Waals surface area contributed by atoms with Crippen molar-refractivity contribution in [3.05, 3.63) is 33.8 Å². The van der Waals surface area contributed by atoms with Crippen molar-refractivity contribution < 1.29 is 4.74 Å². The lowest BCUT2D eigenvalue weighted by molar-refractivity contribution is 0.408. The number of nitrogens with zero attached hydrogens (tertiary/aromatic N) is 2. The molecule has 0 atom stereocenters. The van der Waals surface area contributed by atoms with Gasteiger partial charge >= 0.3 is 0 Å². The van der Waals surface area contributed by atoms with E-state index in [2.05, 4.69) is 36.2 Å². The number of benzene rings is 1. The summed E-state index contributed by atoms with van der Waals surface area (Å²) in [6.07, 6.45) is 3.02. The molecule has 0 aliphatic rings. The highest BCUT2D eigenvalue weighted by atomic mass is 32.1. The van der Waals surface area contributed by atoms with Crippen LogP contribution < -0.4 is 10.5 Å². The van der Waals surface area contributed by atoms with E-state index in [1.54, 1.807) is 7.11 Å². The Kier molecular flexibility index (Phi) is 4.37. The molecule has 0 radical (unpaired) electrons. The van der Waals surface area contributed by atoms with Crippen molar-refractivity contribution in [3.8, 4) is 5.75 Å². The first-order valence-electron chi connectivity index (χ1n) is 6.32. The highest BCUT2D eigenvalue weighted by Crippen LogP contribution is 2.25. The maximum Gasteiger partial charge on any atom is 0.203 e. The molecule has 1 aromatic heterocycles. The van der Waals surface area contributed by atoms with Crippen LogP contribution in [0.2, 0.25) is 0 Å². The average molecular weight is 277 g/mol. The van der Waals surface area contributed by atoms with Crippen LogP contribution in [0.4, 0.5) is 5.13 Å². The minimum atomic E-state index is 0.547. The number of nitrogen functional groups attached to an aromatic ring is 1. The van der Waals surface area contributed by atoms with Crippen LogP contribution in [-0.2, 0) is 12.8 Å². The van der Waals surface area contributed by atoms with Crippen LogP contribution in [0.5, 0.6) is 5.75 Å². The third-order valence-corrected chi connectivity index (χ3v) is 3.87. The Morgan fingerprint density at radius 2 is 1.84 bits per heavy atom. The first kappa shape index (κ1) is 13.8. The molecule has 19 heavy (non-hydrogen) atoms. The predicted molar refractivity (Wildman–Crippen MR) is 78.8 cm³/mol. The zero-order chi connectivity index (χ0) is 13.8. The molecule has 1 aromatic carbocycles. The SMILES string of the molecule is COc1c(C)cc(CCCc2nnc(N)s2)cc1C. The molecule has 2 N–H and O–H groups in total. The second-order valence-corrected chi connectivity index (χ2v) is 5.74. The summed E-state index contributed by atoms with van der Waals surface area (Å²) >= 11 is 1.47. The Hall–Kier alpha value is -1.62. The van der Waals surface area contributed by atoms with E-state index in [4.69, 9.17) is 10.5 Å². The summed E-state index contributed by atoms with van der Waals surface area (Å²) in [7, 11) is 1.72. The lowest BCUT2D eigenvalue weighted by atomic mass is 10.0. The third kappa shape index (κ3) is 3.44. The highest BCUT2D eigenvalue weighted by molar-refractivity contribution is 7.15. The van der Waals surface area contributed by atoms with Gasteiger partial charge in [0.25, 0.3) is 0 Å². The highest BCUT2D eigenvalue weighted by Gasteiger charge is 2.06. The number of aryl methyl sites for hydroxylation is 4. The molecule has 5 heteroatoms. The second-order valence-electron chi connectivity index (χ2n) is 4.65. The van der Waals surface area contributed by atoms with E-state index in [1.807, 2.05) is 0 Å². The topological polar surface area (TPSA) is 61.0 Å². The van der Waals surface area contributed by atoms with Crippen LogP contribution in [0.15, 0.2) is 12.1 Å². The fourth-order valence-electron chi connectivity index (χ4n) is 2.32. The zero-order valence-corrected chi connectivity index (χ0v) is 12.4. The van der Waals surface area contributed by atoms with E-state index in [1.165, 1.54) is 28.0 Å². The monoisotopic (exact) mass is 277 g/mol. The second kappa shape index (κ2) is 6.02. The Bertz CT molecular complexity index is 543. The summed E-state index contributed by atoms with van der Waals surface area (Å²) in [5, 5.41) is 9.42. The fourth-order valence-corrected chi connectivity index (χ4v) is 2.97. The van der Waals surface area contributed by atoms with Gasteiger partial charge in [-0.15, -0.1) is 10.2 Å². The van der Waals surface area contributed by atoms with Gasteiger partial charge in [0.05, 0.1) is 7.11 Å². The fraction of sp³-hybridized carbons (Fsp3) is 0.429. The van der Waals surface area contributed by atoms with Gasteiger partial charge in [-0.25, -0.2) is 0 Å². The van der Waals surface area contributed by atoms with Crippen LogP contribution in [0.1, 0.15) is 28.1 Å². The van der Waals surface area contributed by atoms with Gasteiger partial charge in [-0.1, -0.05) is 23.5 Å². The van der Waals surface area contributed by atoms with Crippen LogP contribution in [0, 0.1) is 13.8 Å². The van der Waals surface area contributed by atoms with Gasteiger partial charge in [0, 0.05) is 6.42 Å². The van der Waals surface area contributed by atoms with E-state index < -0.39 is 0 Å². The Morgan fingerprint density at radius 3 is 2.37 bits per heavy atom. The molecule has 0 saturated carbocycles. The number of anilines is 1. The quantitative estimate of drug-likeness (QED) is 0.912. The lowest BCUT2D eigenvalue weighted by Gasteiger charge is -2.11. The molecule has 0 amide bonds. The smallest absolute Gasteiger partial charge is 0.203 e. The molecule has 2 aromatic rings. The van der Waals surface area contributed by atoms with Gasteiger partial charge < -0.3 is 10.5 Å². The summed E-state index contributed by atoms with van der Waals surface area (Å²) in [4.78, 5) is 0. The van der Waals surface area contributed by atoms with E-state index in [9.17, 15) is 0 Å². The molecular weight excluding hydrogens is 258 g/mol. The molecule has 0 unspecified atom stereocenters. The van der Waals surface area contributed by atoms with Crippen LogP contribution in [0.3, 0.4) is 0 Å². The van der Waals surface area contributed by atoms with Crippen LogP contribution in [0.25, 0.3) is 0 Å². The van der Waals surface area contributed by atoms with E-state index in [0.717, 1.165) is 30.0 Å². The van der Waals surface area contributed by atoms with Crippen LogP contribution in [-0.4, -0.2) is 17.3 Å². The summed E-state index contributed by atoms with van der Waals surface area (Å²) in [6, 6.07) is 4.39. The van der Waals surface area contributed by atoms with Crippen molar-refractivity contribution in [1.82, 2.24) is 10.2 Å². The Morgan fingerprint density at radius 1 is 1.16 bits per heavy atom. The molecule has 4 nitrogen and oxygen atoms in total. The molecule has 0 saturated heterocycles. The summed E-state index contributed by atoms with van der Waals surface area (Å²) in [6.45, 7) is 4.17. The van der Waals surface area contributed by atoms with E-state index in [0.29, 0.717) is 5.13 Å². The first-order chi connectivity index (χ1) is 9.10. The number of ether oxygens (including phenoxy) is 1. The van der Waals surface area contributed by atoms with Crippen molar-refractivity contribution >= 4 is 16.5 Å². The molecule has 102 valence electrons. The van der Waals surface area contributed by atoms with Crippen molar-refractivity contribution in [1.29, 1.82) is 0 Å². The largest absolute Gasteiger partial charge is 0.496 e. The molecule has 0 fully saturated rings. The van der Waals surface area contributed by atoms with E-state index in [-0.39, 0.29) is 0 Å². The molecular formula is C14H19N3OS. The maximum absolute atomic E-state index is 5.56. The third-order valence-electron chi connectivity index (χ3n) is 3.06. The number of nitrogens with two attached hydrogens (primary N) is 1. The molecule has 0 spiro atoms. The summed E-state index contributed by atoms with van der Waals surface area (Å²) < 4.78 is 5.38. The number of hydrogen-bond donors (Lipinski definition) is 1. The number of rotatable bonds is 5. The minimum Gasteiger partial charge on any atom is -0.496 e. The van der Waals surface area contributed by atoms with Crippen molar-refractivity contribution in [2.75, 3.05) is 12.8 Å². The average Bonchev–Trinajstić information content (AvgIpc) is 2.75. The summed E-state index contributed by atoms with van der Waals surface area (Å²) in [5.74, 6) is 0.987. The minimum absolute atomic E-state index is 0.547. The van der Waals surface area contributed by atoms with Gasteiger partial charge in [-0.05, 0) is 43.4 Å². The maximum atomic E-state index is 5.56. The predicted octanol–water partition coefficient (Wildman–Crippen LogP) is 2.92. The molecule has 0 aliphatic heterocycles. The molecule has 2 rings (SSSR count). The van der Waals surface area contributed by atoms with Gasteiger partial charge in [0.1, 0.15) is 10.8 Å². The number of aromatic nitrogens is 2. The van der Waals surface area contributed by atoms with Crippen molar-refractivity contribution in [3.63, 3.8) is 0 Å². The Balaban J connectivity index is 1.96. The molecule has 0 bridgehead atoms. The van der Waals surface area contributed by atoms with Gasteiger partial charge in [0.2, 0.25) is 5.13 Å². The normalized spacial score (nSPS) is 10.7. The Labute approximate surface area is 117 Å². The van der Waals surface area contributed by atoms with Crippen molar-refractivity contribution in [2.45, 2.75) is 33.1 Å². The van der Waals surface area contributed by atoms with E-state index >= 15 is 0 Å². The van der Waals surface area contributed by atoms with Gasteiger partial charge in [0.15, 0.2) is 0 Å². The summed E-state index contributed by atoms with van der Waals surface area (Å²) in [5.41, 5.74) is 9.29. The number of methoxy groups -OCH3 is 1. The lowest BCUT2D eigenvalue weighted by Crippen LogP contribution is -1.95. The van der Waals surface area contributed by atoms with Gasteiger partial charge in [-0.2, -0.15) is 0 Å². The number of hydrogen-bond acceptors (Lipinski definition) is 5. The van der Waals surface area contributed by atoms with Gasteiger partial charge in [-0.3, -0.25) is 0 Å². The molecule has 0 aliphatic carbocycles. The standard InChI is InChI=1S/C14H19N3OS/c1-9-7-11(8-10(2)13(9)18-3)5-4-6-12-16-17-14(15)19-12/h7-8H,4-6H2,1-3H3,(H2,15,17). The van der Waals surface area contributed by atoms with Crippen molar-refractivity contribution in [2.24, 2.45) is 0 Å². The van der Waals surface area contributed by atoms with Crippen LogP contribution >= 0.6 is 11.3 Å². The molecule has 1 heterocycles.